The highest BCUT2D eigenvalue weighted by Gasteiger charge is 2.07. The highest BCUT2D eigenvalue weighted by Crippen LogP contribution is 2.18. The molecule has 1 aromatic heterocycles. The van der Waals surface area contributed by atoms with Crippen molar-refractivity contribution in [2.45, 2.75) is 13.8 Å². The fourth-order valence-corrected chi connectivity index (χ4v) is 2.33. The molecule has 3 rings (SSSR count). The van der Waals surface area contributed by atoms with E-state index in [0.29, 0.717) is 10.6 Å². The molecule has 1 N–H and O–H groups in total. The van der Waals surface area contributed by atoms with E-state index in [-0.39, 0.29) is 0 Å². The SMILES string of the molecule is Cc1ccc(/C=N/n2c(-c3cccc(C)c3)n[nH]c2=S)cc1. The predicted octanol–water partition coefficient (Wildman–Crippen LogP) is 4.11. The molecular formula is C17H16N4S. The topological polar surface area (TPSA) is 46.0 Å². The fourth-order valence-electron chi connectivity index (χ4n) is 2.15. The maximum absolute atomic E-state index is 5.27. The maximum Gasteiger partial charge on any atom is 0.216 e. The van der Waals surface area contributed by atoms with Crippen molar-refractivity contribution in [1.29, 1.82) is 0 Å². The van der Waals surface area contributed by atoms with Gasteiger partial charge in [0.05, 0.1) is 6.21 Å². The molecule has 0 aliphatic rings. The Balaban J connectivity index is 1.99. The summed E-state index contributed by atoms with van der Waals surface area (Å²) >= 11 is 5.27. The summed E-state index contributed by atoms with van der Waals surface area (Å²) in [5.41, 5.74) is 4.38. The van der Waals surface area contributed by atoms with E-state index in [9.17, 15) is 0 Å². The first kappa shape index (κ1) is 14.4. The Morgan fingerprint density at radius 1 is 1.09 bits per heavy atom. The normalized spacial score (nSPS) is 11.2. The summed E-state index contributed by atoms with van der Waals surface area (Å²) in [6.45, 7) is 4.10. The molecule has 0 aliphatic heterocycles. The number of rotatable bonds is 3. The largest absolute Gasteiger partial charge is 0.250 e. The van der Waals surface area contributed by atoms with E-state index in [1.54, 1.807) is 10.9 Å². The lowest BCUT2D eigenvalue weighted by molar-refractivity contribution is 0.871. The Morgan fingerprint density at radius 2 is 1.86 bits per heavy atom. The van der Waals surface area contributed by atoms with Crippen LogP contribution >= 0.6 is 12.2 Å². The van der Waals surface area contributed by atoms with Crippen LogP contribution in [0.5, 0.6) is 0 Å². The van der Waals surface area contributed by atoms with Crippen molar-refractivity contribution < 1.29 is 0 Å². The molecule has 110 valence electrons. The standard InChI is InChI=1S/C17H16N4S/c1-12-6-8-14(9-7-12)11-18-21-16(19-20-17(21)22)15-5-3-4-13(2)10-15/h3-11H,1-2H3,(H,20,22)/b18-11+. The van der Waals surface area contributed by atoms with E-state index in [2.05, 4.69) is 40.4 Å². The number of aromatic nitrogens is 3. The van der Waals surface area contributed by atoms with Gasteiger partial charge in [0.15, 0.2) is 5.82 Å². The summed E-state index contributed by atoms with van der Waals surface area (Å²) in [4.78, 5) is 0. The highest BCUT2D eigenvalue weighted by molar-refractivity contribution is 7.71. The number of H-pyrrole nitrogens is 1. The number of hydrogen-bond acceptors (Lipinski definition) is 3. The molecule has 0 atom stereocenters. The lowest BCUT2D eigenvalue weighted by atomic mass is 10.1. The Kier molecular flexibility index (Phi) is 3.98. The summed E-state index contributed by atoms with van der Waals surface area (Å²) in [5, 5.41) is 11.6. The molecule has 5 heteroatoms. The smallest absolute Gasteiger partial charge is 0.216 e. The minimum atomic E-state index is 0.472. The number of nitrogens with zero attached hydrogens (tertiary/aromatic N) is 3. The Bertz CT molecular complexity index is 872. The van der Waals surface area contributed by atoms with Crippen LogP contribution in [0.25, 0.3) is 11.4 Å². The molecule has 0 fully saturated rings. The second-order valence-electron chi connectivity index (χ2n) is 5.19. The first-order valence-corrected chi connectivity index (χ1v) is 7.40. The van der Waals surface area contributed by atoms with Gasteiger partial charge in [0, 0.05) is 5.56 Å². The van der Waals surface area contributed by atoms with Crippen LogP contribution in [0.2, 0.25) is 0 Å². The summed E-state index contributed by atoms with van der Waals surface area (Å²) < 4.78 is 2.11. The van der Waals surface area contributed by atoms with E-state index in [1.165, 1.54) is 11.1 Å². The Labute approximate surface area is 134 Å². The molecule has 0 saturated carbocycles. The van der Waals surface area contributed by atoms with Crippen molar-refractivity contribution in [2.24, 2.45) is 5.10 Å². The van der Waals surface area contributed by atoms with Crippen molar-refractivity contribution in [3.63, 3.8) is 0 Å². The van der Waals surface area contributed by atoms with Crippen LogP contribution in [0.1, 0.15) is 16.7 Å². The third-order valence-electron chi connectivity index (χ3n) is 3.33. The minimum absolute atomic E-state index is 0.472. The number of aromatic amines is 1. The van der Waals surface area contributed by atoms with E-state index < -0.39 is 0 Å². The van der Waals surface area contributed by atoms with Gasteiger partial charge in [0.2, 0.25) is 4.77 Å². The second kappa shape index (κ2) is 6.07. The van der Waals surface area contributed by atoms with E-state index in [1.807, 2.05) is 37.3 Å². The van der Waals surface area contributed by atoms with Gasteiger partial charge in [-0.3, -0.25) is 0 Å². The summed E-state index contributed by atoms with van der Waals surface area (Å²) in [7, 11) is 0. The van der Waals surface area contributed by atoms with Crippen LogP contribution in [0.3, 0.4) is 0 Å². The average molecular weight is 308 g/mol. The molecule has 0 radical (unpaired) electrons. The Morgan fingerprint density at radius 3 is 2.59 bits per heavy atom. The molecule has 0 saturated heterocycles. The van der Waals surface area contributed by atoms with Crippen LogP contribution in [0, 0.1) is 18.6 Å². The third-order valence-corrected chi connectivity index (χ3v) is 3.59. The van der Waals surface area contributed by atoms with Crippen LogP contribution < -0.4 is 0 Å². The van der Waals surface area contributed by atoms with Gasteiger partial charge < -0.3 is 0 Å². The number of nitrogens with one attached hydrogen (secondary N) is 1. The van der Waals surface area contributed by atoms with E-state index >= 15 is 0 Å². The Hall–Kier alpha value is -2.53. The zero-order valence-corrected chi connectivity index (χ0v) is 13.3. The van der Waals surface area contributed by atoms with Crippen LogP contribution in [-0.4, -0.2) is 21.1 Å². The molecule has 0 spiro atoms. The van der Waals surface area contributed by atoms with E-state index in [4.69, 9.17) is 12.2 Å². The van der Waals surface area contributed by atoms with Gasteiger partial charge in [-0.25, -0.2) is 5.10 Å². The van der Waals surface area contributed by atoms with Crippen molar-refractivity contribution >= 4 is 18.4 Å². The lowest BCUT2D eigenvalue weighted by Crippen LogP contribution is -1.95. The van der Waals surface area contributed by atoms with Crippen LogP contribution in [-0.2, 0) is 0 Å². The third kappa shape index (κ3) is 3.04. The maximum atomic E-state index is 5.27. The van der Waals surface area contributed by atoms with Gasteiger partial charge >= 0.3 is 0 Å². The molecule has 3 aromatic rings. The summed E-state index contributed by atoms with van der Waals surface area (Å²) in [5.74, 6) is 0.706. The molecule has 0 bridgehead atoms. The van der Waals surface area contributed by atoms with Gasteiger partial charge in [-0.2, -0.15) is 14.9 Å². The van der Waals surface area contributed by atoms with Crippen LogP contribution in [0.15, 0.2) is 53.6 Å². The molecule has 0 aliphatic carbocycles. The summed E-state index contributed by atoms with van der Waals surface area (Å²) in [6, 6.07) is 16.2. The summed E-state index contributed by atoms with van der Waals surface area (Å²) in [6.07, 6.45) is 1.78. The molecule has 2 aromatic carbocycles. The van der Waals surface area contributed by atoms with E-state index in [0.717, 1.165) is 11.1 Å². The molecule has 0 amide bonds. The quantitative estimate of drug-likeness (QED) is 0.584. The van der Waals surface area contributed by atoms with Gasteiger partial charge in [0.25, 0.3) is 0 Å². The highest BCUT2D eigenvalue weighted by atomic mass is 32.1. The van der Waals surface area contributed by atoms with Crippen molar-refractivity contribution in [3.05, 3.63) is 70.0 Å². The second-order valence-corrected chi connectivity index (χ2v) is 5.58. The molecular weight excluding hydrogens is 292 g/mol. The minimum Gasteiger partial charge on any atom is -0.250 e. The predicted molar refractivity (Wildman–Crippen MR) is 91.8 cm³/mol. The molecule has 1 heterocycles. The average Bonchev–Trinajstić information content (AvgIpc) is 2.88. The van der Waals surface area contributed by atoms with Gasteiger partial charge in [-0.05, 0) is 37.7 Å². The molecule has 4 nitrogen and oxygen atoms in total. The first-order valence-electron chi connectivity index (χ1n) is 6.99. The fraction of sp³-hybridized carbons (Fsp3) is 0.118. The first-order chi connectivity index (χ1) is 10.6. The van der Waals surface area contributed by atoms with Crippen LogP contribution in [0.4, 0.5) is 0 Å². The lowest BCUT2D eigenvalue weighted by Gasteiger charge is -2.02. The zero-order chi connectivity index (χ0) is 15.5. The van der Waals surface area contributed by atoms with Gasteiger partial charge in [-0.15, -0.1) is 0 Å². The molecule has 22 heavy (non-hydrogen) atoms. The molecule has 0 unspecified atom stereocenters. The number of benzene rings is 2. The monoisotopic (exact) mass is 308 g/mol. The van der Waals surface area contributed by atoms with Crippen molar-refractivity contribution in [2.75, 3.05) is 0 Å². The van der Waals surface area contributed by atoms with Gasteiger partial charge in [-0.1, -0.05) is 53.6 Å². The zero-order valence-electron chi connectivity index (χ0n) is 12.4. The number of aryl methyl sites for hydroxylation is 2. The van der Waals surface area contributed by atoms with Crippen molar-refractivity contribution in [3.8, 4) is 11.4 Å². The van der Waals surface area contributed by atoms with Crippen molar-refractivity contribution in [1.82, 2.24) is 14.9 Å². The van der Waals surface area contributed by atoms with Gasteiger partial charge in [0.1, 0.15) is 0 Å². The number of hydrogen-bond donors (Lipinski definition) is 1.